The van der Waals surface area contributed by atoms with Gasteiger partial charge in [-0.25, -0.2) is 0 Å². The van der Waals surface area contributed by atoms with Crippen LogP contribution in [0.25, 0.3) is 10.9 Å². The maximum atomic E-state index is 3.44. The highest BCUT2D eigenvalue weighted by Crippen LogP contribution is 2.32. The smallest absolute Gasteiger partial charge is 0.0457 e. The number of rotatable bonds is 5. The molecule has 0 bridgehead atoms. The molecule has 0 fully saturated rings. The Hall–Kier alpha value is -1.24. The van der Waals surface area contributed by atoms with E-state index in [1.165, 1.54) is 47.7 Å². The molecule has 1 aromatic heterocycles. The first-order valence-corrected chi connectivity index (χ1v) is 8.05. The molecule has 1 nitrogen and oxygen atoms in total. The van der Waals surface area contributed by atoms with Gasteiger partial charge in [0.15, 0.2) is 0 Å². The lowest BCUT2D eigenvalue weighted by molar-refractivity contribution is 0.590. The van der Waals surface area contributed by atoms with Crippen molar-refractivity contribution in [3.63, 3.8) is 0 Å². The molecule has 1 heterocycles. The zero-order chi connectivity index (χ0) is 14.8. The van der Waals surface area contributed by atoms with Crippen LogP contribution in [0, 0.1) is 0 Å². The fraction of sp³-hybridized carbons (Fsp3) is 0.579. The van der Waals surface area contributed by atoms with Gasteiger partial charge in [0, 0.05) is 17.1 Å². The summed E-state index contributed by atoms with van der Waals surface area (Å²) < 4.78 is 0. The van der Waals surface area contributed by atoms with Gasteiger partial charge in [-0.3, -0.25) is 0 Å². The van der Waals surface area contributed by atoms with E-state index in [0.717, 1.165) is 0 Å². The van der Waals surface area contributed by atoms with Gasteiger partial charge in [0.25, 0.3) is 0 Å². The van der Waals surface area contributed by atoms with E-state index in [1.54, 1.807) is 0 Å². The molecule has 2 rings (SSSR count). The van der Waals surface area contributed by atoms with Crippen molar-refractivity contribution in [2.45, 2.75) is 71.6 Å². The minimum atomic E-state index is 0.216. The third-order valence-electron chi connectivity index (χ3n) is 4.35. The van der Waals surface area contributed by atoms with E-state index >= 15 is 0 Å². The SMILES string of the molecule is CCCCCC(C)c1c[nH]c2ccc(C(C)(C)C)cc12. The van der Waals surface area contributed by atoms with Crippen molar-refractivity contribution in [1.29, 1.82) is 0 Å². The van der Waals surface area contributed by atoms with Gasteiger partial charge in [-0.2, -0.15) is 0 Å². The fourth-order valence-electron chi connectivity index (χ4n) is 2.87. The van der Waals surface area contributed by atoms with Crippen molar-refractivity contribution in [3.8, 4) is 0 Å². The summed E-state index contributed by atoms with van der Waals surface area (Å²) in [5.41, 5.74) is 4.40. The number of hydrogen-bond donors (Lipinski definition) is 1. The van der Waals surface area contributed by atoms with Crippen LogP contribution in [-0.4, -0.2) is 4.98 Å². The summed E-state index contributed by atoms with van der Waals surface area (Å²) in [4.78, 5) is 3.44. The van der Waals surface area contributed by atoms with E-state index in [9.17, 15) is 0 Å². The molecule has 0 aliphatic carbocycles. The molecule has 0 aliphatic rings. The van der Waals surface area contributed by atoms with Crippen molar-refractivity contribution in [3.05, 3.63) is 35.5 Å². The molecule has 1 heteroatoms. The maximum absolute atomic E-state index is 3.44. The highest BCUT2D eigenvalue weighted by Gasteiger charge is 2.17. The number of fused-ring (bicyclic) bond motifs is 1. The van der Waals surface area contributed by atoms with Crippen molar-refractivity contribution >= 4 is 10.9 Å². The third-order valence-corrected chi connectivity index (χ3v) is 4.35. The van der Waals surface area contributed by atoms with E-state index in [2.05, 4.69) is 64.0 Å². The van der Waals surface area contributed by atoms with Crippen LogP contribution in [0.5, 0.6) is 0 Å². The van der Waals surface area contributed by atoms with Crippen molar-refractivity contribution in [2.24, 2.45) is 0 Å². The van der Waals surface area contributed by atoms with E-state index in [1.807, 2.05) is 0 Å². The fourth-order valence-corrected chi connectivity index (χ4v) is 2.87. The average molecular weight is 271 g/mol. The number of benzene rings is 1. The molecule has 1 aromatic carbocycles. The predicted molar refractivity (Wildman–Crippen MR) is 89.6 cm³/mol. The Morgan fingerprint density at radius 3 is 2.55 bits per heavy atom. The molecule has 0 aliphatic heterocycles. The minimum absolute atomic E-state index is 0.216. The number of nitrogens with one attached hydrogen (secondary N) is 1. The lowest BCUT2D eigenvalue weighted by Gasteiger charge is -2.19. The van der Waals surface area contributed by atoms with Crippen LogP contribution >= 0.6 is 0 Å². The monoisotopic (exact) mass is 271 g/mol. The highest BCUT2D eigenvalue weighted by molar-refractivity contribution is 5.84. The predicted octanol–water partition coefficient (Wildman–Crippen LogP) is 6.15. The van der Waals surface area contributed by atoms with Gasteiger partial charge in [0.2, 0.25) is 0 Å². The number of aromatic nitrogens is 1. The second-order valence-electron chi connectivity index (χ2n) is 7.15. The van der Waals surface area contributed by atoms with Gasteiger partial charge in [-0.05, 0) is 41.0 Å². The van der Waals surface area contributed by atoms with E-state index in [-0.39, 0.29) is 5.41 Å². The first-order valence-electron chi connectivity index (χ1n) is 8.05. The van der Waals surface area contributed by atoms with Crippen molar-refractivity contribution in [2.75, 3.05) is 0 Å². The highest BCUT2D eigenvalue weighted by atomic mass is 14.7. The number of aromatic amines is 1. The first-order chi connectivity index (χ1) is 9.43. The molecule has 110 valence electrons. The van der Waals surface area contributed by atoms with Gasteiger partial charge < -0.3 is 4.98 Å². The normalized spacial score (nSPS) is 13.8. The number of unbranched alkanes of at least 4 members (excludes halogenated alkanes) is 2. The van der Waals surface area contributed by atoms with Crippen LogP contribution in [-0.2, 0) is 5.41 Å². The van der Waals surface area contributed by atoms with Gasteiger partial charge in [0.1, 0.15) is 0 Å². The molecular formula is C19H29N. The maximum Gasteiger partial charge on any atom is 0.0457 e. The van der Waals surface area contributed by atoms with Crippen LogP contribution in [0.2, 0.25) is 0 Å². The summed E-state index contributed by atoms with van der Waals surface area (Å²) in [5, 5.41) is 1.42. The Bertz CT molecular complexity index is 557. The lowest BCUT2D eigenvalue weighted by atomic mass is 9.85. The first kappa shape index (κ1) is 15.2. The van der Waals surface area contributed by atoms with Gasteiger partial charge >= 0.3 is 0 Å². The molecule has 20 heavy (non-hydrogen) atoms. The summed E-state index contributed by atoms with van der Waals surface area (Å²) in [6, 6.07) is 6.88. The molecule has 2 aromatic rings. The van der Waals surface area contributed by atoms with Crippen LogP contribution in [0.3, 0.4) is 0 Å². The van der Waals surface area contributed by atoms with E-state index in [4.69, 9.17) is 0 Å². The summed E-state index contributed by atoms with van der Waals surface area (Å²) in [7, 11) is 0. The number of hydrogen-bond acceptors (Lipinski definition) is 0. The minimum Gasteiger partial charge on any atom is -0.361 e. The van der Waals surface area contributed by atoms with Crippen molar-refractivity contribution in [1.82, 2.24) is 4.98 Å². The zero-order valence-electron chi connectivity index (χ0n) is 13.7. The average Bonchev–Trinajstić information content (AvgIpc) is 2.80. The van der Waals surface area contributed by atoms with Crippen LogP contribution in [0.4, 0.5) is 0 Å². The second-order valence-corrected chi connectivity index (χ2v) is 7.15. The quantitative estimate of drug-likeness (QED) is 0.628. The molecule has 0 amide bonds. The Morgan fingerprint density at radius 1 is 1.15 bits per heavy atom. The second kappa shape index (κ2) is 6.03. The lowest BCUT2D eigenvalue weighted by Crippen LogP contribution is -2.10. The summed E-state index contributed by atoms with van der Waals surface area (Å²) in [5.74, 6) is 0.644. The summed E-state index contributed by atoms with van der Waals surface area (Å²) in [6.07, 6.45) is 7.49. The Kier molecular flexibility index (Phi) is 4.57. The Morgan fingerprint density at radius 2 is 1.90 bits per heavy atom. The molecule has 1 unspecified atom stereocenters. The molecule has 0 saturated carbocycles. The van der Waals surface area contributed by atoms with E-state index < -0.39 is 0 Å². The third kappa shape index (κ3) is 3.26. The Labute approximate surface area is 123 Å². The van der Waals surface area contributed by atoms with Crippen LogP contribution in [0.1, 0.15) is 77.3 Å². The topological polar surface area (TPSA) is 15.8 Å². The van der Waals surface area contributed by atoms with E-state index in [0.29, 0.717) is 5.92 Å². The molecule has 0 saturated heterocycles. The number of H-pyrrole nitrogens is 1. The van der Waals surface area contributed by atoms with Crippen LogP contribution in [0.15, 0.2) is 24.4 Å². The molecule has 0 spiro atoms. The molecular weight excluding hydrogens is 242 g/mol. The molecule has 1 atom stereocenters. The molecule has 1 N–H and O–H groups in total. The zero-order valence-corrected chi connectivity index (χ0v) is 13.7. The molecule has 0 radical (unpaired) electrons. The summed E-state index contributed by atoms with van der Waals surface area (Å²) >= 11 is 0. The van der Waals surface area contributed by atoms with Crippen molar-refractivity contribution < 1.29 is 0 Å². The largest absolute Gasteiger partial charge is 0.361 e. The standard InChI is InChI=1S/C19H29N/c1-6-7-8-9-14(2)17-13-20-18-11-10-15(12-16(17)18)19(3,4)5/h10-14,20H,6-9H2,1-5H3. The Balaban J connectivity index is 2.29. The van der Waals surface area contributed by atoms with Gasteiger partial charge in [-0.1, -0.05) is 59.9 Å². The van der Waals surface area contributed by atoms with Gasteiger partial charge in [0.05, 0.1) is 0 Å². The van der Waals surface area contributed by atoms with Gasteiger partial charge in [-0.15, -0.1) is 0 Å². The summed E-state index contributed by atoms with van der Waals surface area (Å²) in [6.45, 7) is 11.5. The van der Waals surface area contributed by atoms with Crippen LogP contribution < -0.4 is 0 Å².